The third-order valence-electron chi connectivity index (χ3n) is 3.19. The van der Waals surface area contributed by atoms with E-state index >= 15 is 0 Å². The molecule has 0 saturated heterocycles. The number of nitrogens with zero attached hydrogens (tertiary/aromatic N) is 2. The van der Waals surface area contributed by atoms with E-state index in [2.05, 4.69) is 15.3 Å². The van der Waals surface area contributed by atoms with Crippen LogP contribution in [-0.2, 0) is 6.54 Å². The van der Waals surface area contributed by atoms with Crippen molar-refractivity contribution in [2.75, 3.05) is 7.11 Å². The summed E-state index contributed by atoms with van der Waals surface area (Å²) in [6.07, 6.45) is -0.787. The average Bonchev–Trinajstić information content (AvgIpc) is 2.53. The summed E-state index contributed by atoms with van der Waals surface area (Å²) in [5.41, 5.74) is 1.24. The molecule has 0 spiro atoms. The Kier molecular flexibility index (Phi) is 5.23. The van der Waals surface area contributed by atoms with Crippen molar-refractivity contribution in [1.82, 2.24) is 15.3 Å². The fourth-order valence-corrected chi connectivity index (χ4v) is 2.01. The number of carbonyl (C=O) groups excluding carboxylic acids is 1. The van der Waals surface area contributed by atoms with Gasteiger partial charge in [0.25, 0.3) is 5.91 Å². The number of benzene rings is 1. The predicted octanol–water partition coefficient (Wildman–Crippen LogP) is 1.92. The second kappa shape index (κ2) is 7.15. The van der Waals surface area contributed by atoms with Gasteiger partial charge in [-0.05, 0) is 37.6 Å². The van der Waals surface area contributed by atoms with Crippen molar-refractivity contribution in [1.29, 1.82) is 0 Å². The minimum absolute atomic E-state index is 0.117. The highest BCUT2D eigenvalue weighted by Crippen LogP contribution is 2.18. The molecule has 2 rings (SSSR count). The molecule has 0 aliphatic carbocycles. The zero-order chi connectivity index (χ0) is 17.0. The van der Waals surface area contributed by atoms with Gasteiger partial charge in [-0.25, -0.2) is 14.4 Å². The third kappa shape index (κ3) is 4.23. The highest BCUT2D eigenvalue weighted by Gasteiger charge is 2.13. The van der Waals surface area contributed by atoms with Crippen molar-refractivity contribution in [3.05, 3.63) is 52.9 Å². The number of aryl methyl sites for hydroxylation is 1. The molecular weight excluding hydrogens is 301 g/mol. The Morgan fingerprint density at radius 3 is 2.78 bits per heavy atom. The Balaban J connectivity index is 2.11. The second-order valence-corrected chi connectivity index (χ2v) is 5.05. The van der Waals surface area contributed by atoms with E-state index in [-0.39, 0.29) is 18.0 Å². The summed E-state index contributed by atoms with van der Waals surface area (Å²) in [5.74, 6) is -0.348. The van der Waals surface area contributed by atoms with Gasteiger partial charge in [0.15, 0.2) is 11.6 Å². The van der Waals surface area contributed by atoms with Gasteiger partial charge in [-0.2, -0.15) is 0 Å². The van der Waals surface area contributed by atoms with Gasteiger partial charge in [-0.1, -0.05) is 6.07 Å². The summed E-state index contributed by atoms with van der Waals surface area (Å²) in [5, 5.41) is 12.3. The molecule has 0 fully saturated rings. The smallest absolute Gasteiger partial charge is 0.270 e. The lowest BCUT2D eigenvalue weighted by atomic mass is 10.2. The normalized spacial score (nSPS) is 11.9. The molecule has 1 aromatic heterocycles. The van der Waals surface area contributed by atoms with Crippen LogP contribution in [0.1, 0.15) is 40.6 Å². The maximum atomic E-state index is 13.3. The van der Waals surface area contributed by atoms with Gasteiger partial charge in [-0.3, -0.25) is 4.79 Å². The first kappa shape index (κ1) is 16.8. The van der Waals surface area contributed by atoms with Crippen LogP contribution < -0.4 is 10.1 Å². The van der Waals surface area contributed by atoms with Crippen LogP contribution in [0, 0.1) is 12.7 Å². The van der Waals surface area contributed by atoms with Crippen molar-refractivity contribution in [3.8, 4) is 5.75 Å². The Labute approximate surface area is 133 Å². The third-order valence-corrected chi connectivity index (χ3v) is 3.19. The molecule has 0 bridgehead atoms. The Morgan fingerprint density at radius 1 is 1.39 bits per heavy atom. The standard InChI is InChI=1S/C16H18FN3O3/c1-9(21)13-7-14(20-10(2)19-13)16(22)18-8-11-4-5-12(17)15(6-11)23-3/h4-7,9,21H,8H2,1-3H3,(H,18,22)/t9-/m1/s1. The van der Waals surface area contributed by atoms with E-state index in [1.807, 2.05) is 0 Å². The van der Waals surface area contributed by atoms with Crippen LogP contribution in [0.5, 0.6) is 5.75 Å². The van der Waals surface area contributed by atoms with Gasteiger partial charge in [-0.15, -0.1) is 0 Å². The van der Waals surface area contributed by atoms with E-state index in [0.29, 0.717) is 17.1 Å². The number of carbonyl (C=O) groups is 1. The van der Waals surface area contributed by atoms with Crippen molar-refractivity contribution < 1.29 is 19.0 Å². The van der Waals surface area contributed by atoms with Crippen LogP contribution in [0.3, 0.4) is 0 Å². The molecule has 7 heteroatoms. The topological polar surface area (TPSA) is 84.3 Å². The highest BCUT2D eigenvalue weighted by atomic mass is 19.1. The van der Waals surface area contributed by atoms with Crippen LogP contribution in [0.4, 0.5) is 4.39 Å². The molecule has 1 aromatic carbocycles. The summed E-state index contributed by atoms with van der Waals surface area (Å²) in [6.45, 7) is 3.41. The lowest BCUT2D eigenvalue weighted by Crippen LogP contribution is -2.24. The number of nitrogens with one attached hydrogen (secondary N) is 1. The van der Waals surface area contributed by atoms with Crippen LogP contribution >= 0.6 is 0 Å². The number of methoxy groups -OCH3 is 1. The van der Waals surface area contributed by atoms with E-state index in [0.717, 1.165) is 0 Å². The number of ether oxygens (including phenoxy) is 1. The van der Waals surface area contributed by atoms with E-state index in [9.17, 15) is 14.3 Å². The molecule has 1 atom stereocenters. The van der Waals surface area contributed by atoms with Crippen LogP contribution in [-0.4, -0.2) is 28.1 Å². The summed E-state index contributed by atoms with van der Waals surface area (Å²) in [6, 6.07) is 5.80. The number of hydrogen-bond acceptors (Lipinski definition) is 5. The Hall–Kier alpha value is -2.54. The molecule has 0 radical (unpaired) electrons. The van der Waals surface area contributed by atoms with Crippen LogP contribution in [0.2, 0.25) is 0 Å². The van der Waals surface area contributed by atoms with Gasteiger partial charge in [0, 0.05) is 6.54 Å². The van der Waals surface area contributed by atoms with Crippen molar-refractivity contribution in [2.45, 2.75) is 26.5 Å². The van der Waals surface area contributed by atoms with E-state index in [1.165, 1.54) is 25.3 Å². The SMILES string of the molecule is COc1cc(CNC(=O)c2cc([C@@H](C)O)nc(C)n2)ccc1F. The van der Waals surface area contributed by atoms with Crippen LogP contribution in [0.15, 0.2) is 24.3 Å². The number of aliphatic hydroxyl groups is 1. The van der Waals surface area contributed by atoms with Gasteiger partial charge in [0.1, 0.15) is 11.5 Å². The number of aliphatic hydroxyl groups excluding tert-OH is 1. The molecule has 1 amide bonds. The maximum Gasteiger partial charge on any atom is 0.270 e. The summed E-state index contributed by atoms with van der Waals surface area (Å²) in [4.78, 5) is 20.3. The van der Waals surface area contributed by atoms with Crippen LogP contribution in [0.25, 0.3) is 0 Å². The lowest BCUT2D eigenvalue weighted by molar-refractivity contribution is 0.0945. The molecule has 1 heterocycles. The number of halogens is 1. The zero-order valence-electron chi connectivity index (χ0n) is 13.1. The largest absolute Gasteiger partial charge is 0.494 e. The molecule has 0 saturated carbocycles. The van der Waals surface area contributed by atoms with E-state index in [1.54, 1.807) is 19.9 Å². The molecule has 23 heavy (non-hydrogen) atoms. The minimum Gasteiger partial charge on any atom is -0.494 e. The van der Waals surface area contributed by atoms with Gasteiger partial charge < -0.3 is 15.2 Å². The van der Waals surface area contributed by atoms with E-state index < -0.39 is 17.8 Å². The first-order valence-corrected chi connectivity index (χ1v) is 7.05. The number of rotatable bonds is 5. The van der Waals surface area contributed by atoms with E-state index in [4.69, 9.17) is 4.74 Å². The van der Waals surface area contributed by atoms with Gasteiger partial charge in [0.2, 0.25) is 0 Å². The quantitative estimate of drug-likeness (QED) is 0.879. The molecule has 2 N–H and O–H groups in total. The lowest BCUT2D eigenvalue weighted by Gasteiger charge is -2.09. The Morgan fingerprint density at radius 2 is 2.13 bits per heavy atom. The number of aromatic nitrogens is 2. The van der Waals surface area contributed by atoms with Crippen molar-refractivity contribution in [3.63, 3.8) is 0 Å². The fraction of sp³-hybridized carbons (Fsp3) is 0.312. The Bertz CT molecular complexity index is 720. The number of amides is 1. The van der Waals surface area contributed by atoms with Crippen molar-refractivity contribution >= 4 is 5.91 Å². The van der Waals surface area contributed by atoms with Crippen molar-refractivity contribution in [2.24, 2.45) is 0 Å². The summed E-state index contributed by atoms with van der Waals surface area (Å²) in [7, 11) is 1.38. The molecule has 0 unspecified atom stereocenters. The summed E-state index contributed by atoms with van der Waals surface area (Å²) >= 11 is 0. The molecule has 122 valence electrons. The van der Waals surface area contributed by atoms with Gasteiger partial charge in [0.05, 0.1) is 18.9 Å². The molecule has 0 aliphatic heterocycles. The summed E-state index contributed by atoms with van der Waals surface area (Å²) < 4.78 is 18.2. The minimum atomic E-state index is -0.787. The number of hydrogen-bond donors (Lipinski definition) is 2. The predicted molar refractivity (Wildman–Crippen MR) is 81.5 cm³/mol. The molecular formula is C16H18FN3O3. The van der Waals surface area contributed by atoms with Gasteiger partial charge >= 0.3 is 0 Å². The molecule has 0 aliphatic rings. The second-order valence-electron chi connectivity index (χ2n) is 5.05. The fourth-order valence-electron chi connectivity index (χ4n) is 2.01. The molecule has 6 nitrogen and oxygen atoms in total. The first-order valence-electron chi connectivity index (χ1n) is 7.05. The average molecular weight is 319 g/mol. The maximum absolute atomic E-state index is 13.3. The monoisotopic (exact) mass is 319 g/mol. The first-order chi connectivity index (χ1) is 10.9. The highest BCUT2D eigenvalue weighted by molar-refractivity contribution is 5.92. The molecule has 2 aromatic rings. The zero-order valence-corrected chi connectivity index (χ0v) is 13.1.